The number of ether oxygens (including phenoxy) is 2. The van der Waals surface area contributed by atoms with Gasteiger partial charge in [0, 0.05) is 38.9 Å². The van der Waals surface area contributed by atoms with Gasteiger partial charge < -0.3 is 24.6 Å². The number of hydrogen-bond acceptors (Lipinski definition) is 5. The number of aryl methyl sites for hydroxylation is 1. The van der Waals surface area contributed by atoms with E-state index in [1.54, 1.807) is 0 Å². The molecule has 3 rings (SSSR count). The molecule has 1 atom stereocenters. The van der Waals surface area contributed by atoms with E-state index in [0.717, 1.165) is 41.7 Å². The van der Waals surface area contributed by atoms with Crippen LogP contribution in [0, 0.1) is 0 Å². The Morgan fingerprint density at radius 2 is 2.00 bits per heavy atom. The number of benzene rings is 1. The summed E-state index contributed by atoms with van der Waals surface area (Å²) in [5.74, 6) is 2.50. The molecule has 2 aromatic rings. The third kappa shape index (κ3) is 5.41. The third-order valence-corrected chi connectivity index (χ3v) is 4.87. The van der Waals surface area contributed by atoms with Gasteiger partial charge >= 0.3 is 0 Å². The zero-order chi connectivity index (χ0) is 20.8. The lowest BCUT2D eigenvalue weighted by Crippen LogP contribution is -2.39. The predicted octanol–water partition coefficient (Wildman–Crippen LogP) is 1.89. The van der Waals surface area contributed by atoms with E-state index in [0.29, 0.717) is 19.8 Å². The first kappa shape index (κ1) is 21.0. The van der Waals surface area contributed by atoms with Crippen LogP contribution in [0.15, 0.2) is 35.6 Å². The van der Waals surface area contributed by atoms with Crippen molar-refractivity contribution in [1.29, 1.82) is 0 Å². The average Bonchev–Trinajstić information content (AvgIpc) is 3.12. The molecule has 29 heavy (non-hydrogen) atoms. The van der Waals surface area contributed by atoms with Crippen molar-refractivity contribution >= 4 is 5.96 Å². The molecule has 0 radical (unpaired) electrons. The molecule has 0 saturated heterocycles. The zero-order valence-corrected chi connectivity index (χ0v) is 18.1. The van der Waals surface area contributed by atoms with E-state index in [9.17, 15) is 0 Å². The molecule has 1 N–H and O–H groups in total. The predicted molar refractivity (Wildman–Crippen MR) is 115 cm³/mol. The first-order chi connectivity index (χ1) is 14.0. The maximum atomic E-state index is 5.71. The summed E-state index contributed by atoms with van der Waals surface area (Å²) in [6, 6.07) is 6.27. The minimum atomic E-state index is 0.167. The summed E-state index contributed by atoms with van der Waals surface area (Å²) in [5.41, 5.74) is 2.31. The fraction of sp³-hybridized carbons (Fsp3) is 0.524. The number of fused-ring (bicyclic) bond motifs is 1. The van der Waals surface area contributed by atoms with Gasteiger partial charge in [-0.3, -0.25) is 9.67 Å². The van der Waals surface area contributed by atoms with E-state index in [1.807, 2.05) is 43.3 Å². The third-order valence-electron chi connectivity index (χ3n) is 4.87. The molecule has 1 aromatic carbocycles. The Bertz CT molecular complexity index is 832. The largest absolute Gasteiger partial charge is 0.486 e. The second-order valence-electron chi connectivity index (χ2n) is 7.46. The van der Waals surface area contributed by atoms with Crippen LogP contribution < -0.4 is 14.8 Å². The molecule has 1 aliphatic heterocycles. The Morgan fingerprint density at radius 1 is 1.24 bits per heavy atom. The first-order valence-corrected chi connectivity index (χ1v) is 10.0. The molecular formula is C21H32N6O2. The lowest BCUT2D eigenvalue weighted by molar-refractivity contribution is 0.171. The van der Waals surface area contributed by atoms with Crippen molar-refractivity contribution in [2.45, 2.75) is 19.5 Å². The van der Waals surface area contributed by atoms with Crippen LogP contribution in [-0.4, -0.2) is 73.0 Å². The topological polar surface area (TPSA) is 67.2 Å². The molecule has 0 bridgehead atoms. The van der Waals surface area contributed by atoms with Crippen molar-refractivity contribution < 1.29 is 9.47 Å². The minimum absolute atomic E-state index is 0.167. The lowest BCUT2D eigenvalue weighted by Gasteiger charge is -2.26. The van der Waals surface area contributed by atoms with Crippen LogP contribution in [0.4, 0.5) is 0 Å². The van der Waals surface area contributed by atoms with Crippen LogP contribution in [0.3, 0.4) is 0 Å². The number of aromatic nitrogens is 2. The van der Waals surface area contributed by atoms with Crippen molar-refractivity contribution in [1.82, 2.24) is 24.9 Å². The van der Waals surface area contributed by atoms with Crippen molar-refractivity contribution in [3.63, 3.8) is 0 Å². The molecule has 8 heteroatoms. The Labute approximate surface area is 173 Å². The van der Waals surface area contributed by atoms with Gasteiger partial charge in [-0.15, -0.1) is 0 Å². The van der Waals surface area contributed by atoms with Crippen LogP contribution in [-0.2, 0) is 13.6 Å². The molecule has 1 aromatic heterocycles. The summed E-state index contributed by atoms with van der Waals surface area (Å²) >= 11 is 0. The highest BCUT2D eigenvalue weighted by atomic mass is 16.6. The summed E-state index contributed by atoms with van der Waals surface area (Å²) in [7, 11) is 8.12. The maximum Gasteiger partial charge on any atom is 0.194 e. The quantitative estimate of drug-likeness (QED) is 0.566. The number of likely N-dealkylation sites (N-methyl/N-ethyl adjacent to an activating group) is 1. The Hall–Kier alpha value is -2.74. The molecule has 0 fully saturated rings. The number of aliphatic imine (C=N–C) groups is 1. The number of nitrogens with one attached hydrogen (secondary N) is 1. The summed E-state index contributed by atoms with van der Waals surface area (Å²) in [4.78, 5) is 9.20. The van der Waals surface area contributed by atoms with Crippen molar-refractivity contribution in [2.24, 2.45) is 12.0 Å². The fourth-order valence-corrected chi connectivity index (χ4v) is 3.36. The van der Waals surface area contributed by atoms with Gasteiger partial charge in [-0.05, 0) is 38.7 Å². The van der Waals surface area contributed by atoms with Crippen LogP contribution >= 0.6 is 0 Å². The Kier molecular flexibility index (Phi) is 6.98. The molecule has 0 saturated carbocycles. The molecule has 0 amide bonds. The highest BCUT2D eigenvalue weighted by molar-refractivity contribution is 5.79. The highest BCUT2D eigenvalue weighted by Gasteiger charge is 2.17. The molecule has 8 nitrogen and oxygen atoms in total. The molecule has 2 heterocycles. The smallest absolute Gasteiger partial charge is 0.194 e. The van der Waals surface area contributed by atoms with E-state index in [2.05, 4.69) is 47.3 Å². The second-order valence-corrected chi connectivity index (χ2v) is 7.46. The van der Waals surface area contributed by atoms with Gasteiger partial charge in [0.05, 0.1) is 18.8 Å². The number of guanidine groups is 1. The van der Waals surface area contributed by atoms with E-state index in [-0.39, 0.29) is 6.04 Å². The SMILES string of the molecule is CCNC(=NCC(c1cnn(C)c1)N(C)C)N(C)Cc1ccc2c(c1)OCCO2. The summed E-state index contributed by atoms with van der Waals surface area (Å²) in [6.45, 7) is 5.46. The van der Waals surface area contributed by atoms with Crippen molar-refractivity contribution in [2.75, 3.05) is 47.4 Å². The summed E-state index contributed by atoms with van der Waals surface area (Å²) < 4.78 is 13.1. The highest BCUT2D eigenvalue weighted by Crippen LogP contribution is 2.31. The maximum absolute atomic E-state index is 5.71. The van der Waals surface area contributed by atoms with Gasteiger partial charge in [0.25, 0.3) is 0 Å². The van der Waals surface area contributed by atoms with Gasteiger partial charge in [0.15, 0.2) is 17.5 Å². The minimum Gasteiger partial charge on any atom is -0.486 e. The van der Waals surface area contributed by atoms with Crippen molar-refractivity contribution in [3.8, 4) is 11.5 Å². The summed E-state index contributed by atoms with van der Waals surface area (Å²) in [5, 5.41) is 7.70. The number of rotatable bonds is 7. The van der Waals surface area contributed by atoms with Crippen LogP contribution in [0.2, 0.25) is 0 Å². The normalized spacial score (nSPS) is 14.8. The number of nitrogens with zero attached hydrogens (tertiary/aromatic N) is 5. The monoisotopic (exact) mass is 400 g/mol. The van der Waals surface area contributed by atoms with E-state index >= 15 is 0 Å². The molecular weight excluding hydrogens is 368 g/mol. The standard InChI is InChI=1S/C21H32N6O2/c1-6-22-21(23-13-18(25(2)3)17-12-24-27(5)15-17)26(4)14-16-7-8-19-20(11-16)29-10-9-28-19/h7-8,11-12,15,18H,6,9-10,13-14H2,1-5H3,(H,22,23). The molecule has 0 spiro atoms. The first-order valence-electron chi connectivity index (χ1n) is 10.0. The average molecular weight is 401 g/mol. The van der Waals surface area contributed by atoms with Gasteiger partial charge in [-0.2, -0.15) is 5.10 Å². The lowest BCUT2D eigenvalue weighted by atomic mass is 10.1. The van der Waals surface area contributed by atoms with Crippen molar-refractivity contribution in [3.05, 3.63) is 41.7 Å². The van der Waals surface area contributed by atoms with Gasteiger partial charge in [0.1, 0.15) is 13.2 Å². The Balaban J connectivity index is 1.71. The van der Waals surface area contributed by atoms with Crippen LogP contribution in [0.1, 0.15) is 24.1 Å². The van der Waals surface area contributed by atoms with E-state index in [1.165, 1.54) is 0 Å². The zero-order valence-electron chi connectivity index (χ0n) is 18.1. The molecule has 1 unspecified atom stereocenters. The van der Waals surface area contributed by atoms with Crippen LogP contribution in [0.5, 0.6) is 11.5 Å². The fourth-order valence-electron chi connectivity index (χ4n) is 3.36. The van der Waals surface area contributed by atoms with E-state index in [4.69, 9.17) is 14.5 Å². The van der Waals surface area contributed by atoms with Gasteiger partial charge in [-0.25, -0.2) is 0 Å². The molecule has 1 aliphatic rings. The molecule has 158 valence electrons. The summed E-state index contributed by atoms with van der Waals surface area (Å²) in [6.07, 6.45) is 3.96. The van der Waals surface area contributed by atoms with Crippen LogP contribution in [0.25, 0.3) is 0 Å². The Morgan fingerprint density at radius 3 is 2.66 bits per heavy atom. The van der Waals surface area contributed by atoms with E-state index < -0.39 is 0 Å². The second kappa shape index (κ2) is 9.65. The van der Waals surface area contributed by atoms with Gasteiger partial charge in [-0.1, -0.05) is 6.07 Å². The van der Waals surface area contributed by atoms with Gasteiger partial charge in [0.2, 0.25) is 0 Å². The molecule has 0 aliphatic carbocycles. The number of hydrogen-bond donors (Lipinski definition) is 1.